The van der Waals surface area contributed by atoms with Crippen molar-refractivity contribution < 1.29 is 4.74 Å². The highest BCUT2D eigenvalue weighted by atomic mass is 35.5. The fourth-order valence-electron chi connectivity index (χ4n) is 3.56. The average molecular weight is 417 g/mol. The molecule has 1 aliphatic rings. The average Bonchev–Trinajstić information content (AvgIpc) is 3.28. The molecule has 3 aromatic heterocycles. The van der Waals surface area contributed by atoms with E-state index < -0.39 is 0 Å². The Balaban J connectivity index is 1.68. The first kappa shape index (κ1) is 18.6. The molecule has 8 heteroatoms. The Morgan fingerprint density at radius 2 is 2.07 bits per heavy atom. The number of pyridine rings is 1. The zero-order chi connectivity index (χ0) is 20.7. The van der Waals surface area contributed by atoms with Crippen molar-refractivity contribution in [1.29, 1.82) is 0 Å². The zero-order valence-corrected chi connectivity index (χ0v) is 17.2. The summed E-state index contributed by atoms with van der Waals surface area (Å²) in [5.41, 5.74) is 5.07. The van der Waals surface area contributed by atoms with E-state index >= 15 is 0 Å². The number of hydrogen-bond acceptors (Lipinski definition) is 5. The Bertz CT molecular complexity index is 1330. The molecular formula is C22H17ClN6O. The molecular weight excluding hydrogens is 400 g/mol. The van der Waals surface area contributed by atoms with Gasteiger partial charge in [0.25, 0.3) is 0 Å². The quantitative estimate of drug-likeness (QED) is 0.412. The topological polar surface area (TPSA) is 70.7 Å². The van der Waals surface area contributed by atoms with E-state index in [-0.39, 0.29) is 0 Å². The lowest BCUT2D eigenvalue weighted by Gasteiger charge is -2.08. The van der Waals surface area contributed by atoms with Gasteiger partial charge in [-0.1, -0.05) is 17.7 Å². The van der Waals surface area contributed by atoms with E-state index in [1.54, 1.807) is 13.4 Å². The summed E-state index contributed by atoms with van der Waals surface area (Å²) in [6, 6.07) is 11.5. The monoisotopic (exact) mass is 416 g/mol. The molecule has 0 saturated heterocycles. The van der Waals surface area contributed by atoms with E-state index in [2.05, 4.69) is 32.0 Å². The third kappa shape index (κ3) is 3.16. The van der Waals surface area contributed by atoms with Crippen molar-refractivity contribution in [2.24, 2.45) is 0 Å². The van der Waals surface area contributed by atoms with Crippen LogP contribution in [0.1, 0.15) is 28.6 Å². The van der Waals surface area contributed by atoms with Gasteiger partial charge in [0.2, 0.25) is 0 Å². The van der Waals surface area contributed by atoms with Crippen LogP contribution in [0.4, 0.5) is 0 Å². The Morgan fingerprint density at radius 1 is 1.17 bits per heavy atom. The molecule has 0 N–H and O–H groups in total. The first-order valence-corrected chi connectivity index (χ1v) is 9.75. The summed E-state index contributed by atoms with van der Waals surface area (Å²) in [5, 5.41) is 9.36. The molecule has 0 bridgehead atoms. The predicted molar refractivity (Wildman–Crippen MR) is 112 cm³/mol. The highest BCUT2D eigenvalue weighted by Gasteiger charge is 2.25. The maximum Gasteiger partial charge on any atom is 0.166 e. The van der Waals surface area contributed by atoms with Crippen molar-refractivity contribution in [1.82, 2.24) is 29.3 Å². The van der Waals surface area contributed by atoms with Crippen molar-refractivity contribution in [3.8, 4) is 28.9 Å². The lowest BCUT2D eigenvalue weighted by molar-refractivity contribution is 0.174. The van der Waals surface area contributed by atoms with Gasteiger partial charge in [0.15, 0.2) is 11.6 Å². The fraction of sp³-hybridized carbons (Fsp3) is 0.182. The van der Waals surface area contributed by atoms with Crippen LogP contribution in [-0.2, 0) is 17.9 Å². The van der Waals surface area contributed by atoms with Crippen LogP contribution in [0.15, 0.2) is 42.7 Å². The molecule has 0 unspecified atom stereocenters. The normalized spacial score (nSPS) is 11.7. The van der Waals surface area contributed by atoms with Gasteiger partial charge in [-0.2, -0.15) is 0 Å². The second-order valence-electron chi connectivity index (χ2n) is 6.94. The van der Waals surface area contributed by atoms with E-state index in [1.807, 2.05) is 52.5 Å². The molecule has 30 heavy (non-hydrogen) atoms. The van der Waals surface area contributed by atoms with E-state index in [0.29, 0.717) is 29.6 Å². The number of imidazole rings is 1. The van der Waals surface area contributed by atoms with Gasteiger partial charge in [0.1, 0.15) is 24.3 Å². The second-order valence-corrected chi connectivity index (χ2v) is 7.38. The largest absolute Gasteiger partial charge is 0.377 e. The van der Waals surface area contributed by atoms with Crippen LogP contribution in [0.25, 0.3) is 17.1 Å². The molecule has 0 radical (unpaired) electrons. The number of ether oxygens (including phenoxy) is 1. The molecule has 148 valence electrons. The third-order valence-electron chi connectivity index (χ3n) is 4.93. The number of hydrogen-bond donors (Lipinski definition) is 0. The summed E-state index contributed by atoms with van der Waals surface area (Å²) in [5.74, 6) is 7.78. The number of benzene rings is 1. The summed E-state index contributed by atoms with van der Waals surface area (Å²) in [7, 11) is 1.64. The van der Waals surface area contributed by atoms with E-state index in [0.717, 1.165) is 34.3 Å². The van der Waals surface area contributed by atoms with Crippen molar-refractivity contribution in [3.05, 3.63) is 76.3 Å². The molecule has 4 heterocycles. The van der Waals surface area contributed by atoms with Crippen molar-refractivity contribution >= 4 is 11.6 Å². The highest BCUT2D eigenvalue weighted by Crippen LogP contribution is 2.34. The van der Waals surface area contributed by atoms with Crippen LogP contribution in [-0.4, -0.2) is 36.4 Å². The van der Waals surface area contributed by atoms with Gasteiger partial charge >= 0.3 is 0 Å². The SMILES string of the molecule is COCc1nnc2n1Cc1c(C#Cc3cccc(C)n3)ncn1-c1ccc(Cl)cc1-2. The van der Waals surface area contributed by atoms with Crippen molar-refractivity contribution in [2.75, 3.05) is 7.11 Å². The maximum absolute atomic E-state index is 6.29. The van der Waals surface area contributed by atoms with Crippen LogP contribution >= 0.6 is 11.6 Å². The summed E-state index contributed by atoms with van der Waals surface area (Å²) >= 11 is 6.29. The highest BCUT2D eigenvalue weighted by molar-refractivity contribution is 6.31. The minimum atomic E-state index is 0.352. The van der Waals surface area contributed by atoms with E-state index in [1.165, 1.54) is 0 Å². The van der Waals surface area contributed by atoms with Gasteiger partial charge in [-0.05, 0) is 49.1 Å². The molecule has 0 saturated carbocycles. The number of aromatic nitrogens is 6. The predicted octanol–water partition coefficient (Wildman–Crippen LogP) is 3.40. The van der Waals surface area contributed by atoms with Gasteiger partial charge in [-0.15, -0.1) is 10.2 Å². The Labute approximate surface area is 178 Å². The summed E-state index contributed by atoms with van der Waals surface area (Å²) in [6.45, 7) is 2.81. The maximum atomic E-state index is 6.29. The molecule has 0 amide bonds. The van der Waals surface area contributed by atoms with Gasteiger partial charge in [0.05, 0.1) is 17.9 Å². The van der Waals surface area contributed by atoms with Gasteiger partial charge in [-0.3, -0.25) is 4.57 Å². The van der Waals surface area contributed by atoms with Crippen molar-refractivity contribution in [2.45, 2.75) is 20.1 Å². The number of nitrogens with zero attached hydrogens (tertiary/aromatic N) is 6. The minimum Gasteiger partial charge on any atom is -0.377 e. The number of halogens is 1. The molecule has 1 aromatic carbocycles. The Hall–Kier alpha value is -3.47. The van der Waals surface area contributed by atoms with Crippen LogP contribution in [0, 0.1) is 18.8 Å². The standard InChI is InChI=1S/C22H17ClN6O/c1-14-4-3-5-16(25-14)7-8-18-20-11-28-21(12-30-2)26-27-22(28)17-10-15(23)6-9-19(17)29(20)13-24-18/h3-6,9-10,13H,11-12H2,1-2H3. The first-order valence-electron chi connectivity index (χ1n) is 9.37. The second kappa shape index (κ2) is 7.41. The fourth-order valence-corrected chi connectivity index (χ4v) is 3.73. The minimum absolute atomic E-state index is 0.352. The van der Waals surface area contributed by atoms with Gasteiger partial charge in [0, 0.05) is 23.4 Å². The van der Waals surface area contributed by atoms with Crippen molar-refractivity contribution in [3.63, 3.8) is 0 Å². The zero-order valence-electron chi connectivity index (χ0n) is 16.4. The van der Waals surface area contributed by atoms with Crippen LogP contribution in [0.2, 0.25) is 5.02 Å². The van der Waals surface area contributed by atoms with Crippen LogP contribution < -0.4 is 0 Å². The van der Waals surface area contributed by atoms with Gasteiger partial charge < -0.3 is 9.30 Å². The van der Waals surface area contributed by atoms with Crippen LogP contribution in [0.5, 0.6) is 0 Å². The molecule has 1 aliphatic heterocycles. The van der Waals surface area contributed by atoms with E-state index in [9.17, 15) is 0 Å². The molecule has 0 fully saturated rings. The first-order chi connectivity index (χ1) is 14.6. The lowest BCUT2D eigenvalue weighted by atomic mass is 10.1. The molecule has 5 rings (SSSR count). The molecule has 0 aliphatic carbocycles. The van der Waals surface area contributed by atoms with Gasteiger partial charge in [-0.25, -0.2) is 9.97 Å². The summed E-state index contributed by atoms with van der Waals surface area (Å²) in [6.07, 6.45) is 1.78. The van der Waals surface area contributed by atoms with Crippen LogP contribution in [0.3, 0.4) is 0 Å². The number of aryl methyl sites for hydroxylation is 1. The Morgan fingerprint density at radius 3 is 2.90 bits per heavy atom. The molecule has 7 nitrogen and oxygen atoms in total. The molecule has 0 spiro atoms. The van der Waals surface area contributed by atoms with E-state index in [4.69, 9.17) is 16.3 Å². The third-order valence-corrected chi connectivity index (χ3v) is 5.17. The number of fused-ring (bicyclic) bond motifs is 5. The smallest absolute Gasteiger partial charge is 0.166 e. The summed E-state index contributed by atoms with van der Waals surface area (Å²) < 4.78 is 9.37. The number of methoxy groups -OCH3 is 1. The molecule has 4 aromatic rings. The number of rotatable bonds is 2. The lowest BCUT2D eigenvalue weighted by Crippen LogP contribution is -2.09. The summed E-state index contributed by atoms with van der Waals surface area (Å²) in [4.78, 5) is 9.02. The Kier molecular flexibility index (Phi) is 4.58. The molecule has 0 atom stereocenters.